The fourth-order valence-corrected chi connectivity index (χ4v) is 1.18. The molecular weight excluding hydrogens is 245 g/mol. The quantitative estimate of drug-likeness (QED) is 0.635. The van der Waals surface area contributed by atoms with E-state index in [-0.39, 0.29) is 17.0 Å². The second kappa shape index (κ2) is 4.54. The first-order valence-corrected chi connectivity index (χ1v) is 4.00. The third-order valence-electron chi connectivity index (χ3n) is 0.997. The molecule has 10 heavy (non-hydrogen) atoms. The van der Waals surface area contributed by atoms with Gasteiger partial charge in [0.2, 0.25) is 0 Å². The van der Waals surface area contributed by atoms with E-state index in [1.54, 1.807) is 6.20 Å². The van der Waals surface area contributed by atoms with E-state index < -0.39 is 0 Å². The van der Waals surface area contributed by atoms with Gasteiger partial charge in [0.1, 0.15) is 0 Å². The monoisotopic (exact) mass is 247 g/mol. The van der Waals surface area contributed by atoms with Gasteiger partial charge in [-0.3, -0.25) is 0 Å². The summed E-state index contributed by atoms with van der Waals surface area (Å²) in [6, 6.07) is 5.78. The molecule has 0 atom stereocenters. The molecule has 2 nitrogen and oxygen atoms in total. The van der Waals surface area contributed by atoms with Crippen LogP contribution >= 0.6 is 17.0 Å². The van der Waals surface area contributed by atoms with Crippen LogP contribution in [0.4, 0.5) is 0 Å². The van der Waals surface area contributed by atoms with Crippen LogP contribution in [-0.4, -0.2) is 4.98 Å². The fourth-order valence-electron chi connectivity index (χ4n) is 0.539. The molecule has 0 aromatic carbocycles. The zero-order chi connectivity index (χ0) is 6.69. The van der Waals surface area contributed by atoms with Crippen LogP contribution in [0.15, 0.2) is 18.3 Å². The summed E-state index contributed by atoms with van der Waals surface area (Å²) in [5.41, 5.74) is 0.567. The molecule has 0 radical (unpaired) electrons. The summed E-state index contributed by atoms with van der Waals surface area (Å²) in [5.74, 6) is 0. The zero-order valence-electron chi connectivity index (χ0n) is 5.24. The van der Waals surface area contributed by atoms with E-state index in [2.05, 4.69) is 4.98 Å². The SMILES string of the molecule is Br.N#Cc1nccc[c]1[Zn]. The molecule has 0 saturated carbocycles. The average molecular weight is 249 g/mol. The Morgan fingerprint density at radius 3 is 2.70 bits per heavy atom. The van der Waals surface area contributed by atoms with Gasteiger partial charge < -0.3 is 0 Å². The number of rotatable bonds is 0. The molecule has 0 fully saturated rings. The number of aromatic nitrogens is 1. The van der Waals surface area contributed by atoms with Crippen LogP contribution in [0.1, 0.15) is 5.69 Å². The molecule has 0 aliphatic carbocycles. The number of pyridine rings is 1. The molecule has 1 aromatic rings. The minimum atomic E-state index is 0. The molecular formula is C6H4BrN2Zn. The Bertz CT molecular complexity index is 256. The van der Waals surface area contributed by atoms with Gasteiger partial charge in [-0.15, -0.1) is 17.0 Å². The predicted molar refractivity (Wildman–Crippen MR) is 38.9 cm³/mol. The molecule has 0 saturated heterocycles. The van der Waals surface area contributed by atoms with Crippen molar-refractivity contribution in [3.8, 4) is 6.07 Å². The standard InChI is InChI=1S/C6H3N2.BrH.Zn/c7-5-6-3-1-2-4-8-6;;/h1-2,4H;1H;. The van der Waals surface area contributed by atoms with E-state index in [0.717, 1.165) is 22.5 Å². The van der Waals surface area contributed by atoms with E-state index in [9.17, 15) is 0 Å². The Kier molecular flexibility index (Phi) is 4.43. The number of nitrogens with zero attached hydrogens (tertiary/aromatic N) is 2. The van der Waals surface area contributed by atoms with E-state index in [0.29, 0.717) is 5.69 Å². The second-order valence-electron chi connectivity index (χ2n) is 1.62. The summed E-state index contributed by atoms with van der Waals surface area (Å²) in [5, 5.41) is 8.43. The molecule has 0 amide bonds. The maximum atomic E-state index is 8.43. The first-order chi connectivity index (χ1) is 4.34. The summed E-state index contributed by atoms with van der Waals surface area (Å²) in [6.07, 6.45) is 1.64. The van der Waals surface area contributed by atoms with Gasteiger partial charge in [0.25, 0.3) is 0 Å². The zero-order valence-corrected chi connectivity index (χ0v) is 9.92. The van der Waals surface area contributed by atoms with Crippen LogP contribution in [0, 0.1) is 11.3 Å². The summed E-state index contributed by atoms with van der Waals surface area (Å²) < 4.78 is 1.06. The average Bonchev–Trinajstić information content (AvgIpc) is 1.89. The first kappa shape index (κ1) is 9.74. The molecule has 0 aliphatic rings. The van der Waals surface area contributed by atoms with Gasteiger partial charge in [0.15, 0.2) is 0 Å². The van der Waals surface area contributed by atoms with Gasteiger partial charge in [0, 0.05) is 0 Å². The van der Waals surface area contributed by atoms with Crippen LogP contribution < -0.4 is 4.16 Å². The first-order valence-electron chi connectivity index (χ1n) is 2.51. The van der Waals surface area contributed by atoms with Gasteiger partial charge in [-0.1, -0.05) is 0 Å². The Labute approximate surface area is 79.7 Å². The van der Waals surface area contributed by atoms with Gasteiger partial charge in [-0.2, -0.15) is 0 Å². The molecule has 47 valence electrons. The summed E-state index contributed by atoms with van der Waals surface area (Å²) >= 11 is 0.997. The normalized spacial score (nSPS) is 7.70. The van der Waals surface area contributed by atoms with Crippen molar-refractivity contribution in [1.29, 1.82) is 5.26 Å². The van der Waals surface area contributed by atoms with Crippen LogP contribution in [0.2, 0.25) is 0 Å². The Morgan fingerprint density at radius 1 is 1.60 bits per heavy atom. The van der Waals surface area contributed by atoms with Crippen LogP contribution in [-0.2, 0) is 18.3 Å². The van der Waals surface area contributed by atoms with Gasteiger partial charge in [0.05, 0.1) is 0 Å². The molecule has 0 aliphatic heterocycles. The molecule has 1 rings (SSSR count). The van der Waals surface area contributed by atoms with Gasteiger partial charge in [-0.05, 0) is 0 Å². The maximum absolute atomic E-state index is 8.43. The van der Waals surface area contributed by atoms with Crippen LogP contribution in [0.5, 0.6) is 0 Å². The van der Waals surface area contributed by atoms with Gasteiger partial charge >= 0.3 is 62.8 Å². The molecule has 0 bridgehead atoms. The van der Waals surface area contributed by atoms with Crippen molar-refractivity contribution < 1.29 is 18.3 Å². The Hall–Kier alpha value is -0.257. The predicted octanol–water partition coefficient (Wildman–Crippen LogP) is 0.703. The van der Waals surface area contributed by atoms with E-state index in [1.165, 1.54) is 0 Å². The topological polar surface area (TPSA) is 36.7 Å². The molecule has 0 unspecified atom stereocenters. The third kappa shape index (κ3) is 2.17. The van der Waals surface area contributed by atoms with Gasteiger partial charge in [-0.25, -0.2) is 0 Å². The minimum absolute atomic E-state index is 0. The van der Waals surface area contributed by atoms with E-state index in [1.807, 2.05) is 18.2 Å². The van der Waals surface area contributed by atoms with Crippen molar-refractivity contribution in [3.63, 3.8) is 0 Å². The molecule has 1 aromatic heterocycles. The number of hydrogen-bond donors (Lipinski definition) is 0. The van der Waals surface area contributed by atoms with E-state index >= 15 is 0 Å². The van der Waals surface area contributed by atoms with Crippen molar-refractivity contribution in [2.45, 2.75) is 0 Å². The molecule has 0 spiro atoms. The molecule has 1 heterocycles. The van der Waals surface area contributed by atoms with Crippen molar-refractivity contribution in [2.75, 3.05) is 0 Å². The van der Waals surface area contributed by atoms with E-state index in [4.69, 9.17) is 5.26 Å². The second-order valence-corrected chi connectivity index (χ2v) is 3.22. The third-order valence-corrected chi connectivity index (χ3v) is 2.19. The van der Waals surface area contributed by atoms with Crippen LogP contribution in [0.3, 0.4) is 0 Å². The van der Waals surface area contributed by atoms with Crippen molar-refractivity contribution >= 4 is 21.1 Å². The Balaban J connectivity index is 0.000000810. The number of halogens is 1. The van der Waals surface area contributed by atoms with Crippen molar-refractivity contribution in [3.05, 3.63) is 24.0 Å². The molecule has 0 N–H and O–H groups in total. The van der Waals surface area contributed by atoms with Crippen molar-refractivity contribution in [2.24, 2.45) is 0 Å². The Morgan fingerprint density at radius 2 is 2.30 bits per heavy atom. The van der Waals surface area contributed by atoms with Crippen molar-refractivity contribution in [1.82, 2.24) is 4.98 Å². The summed E-state index contributed by atoms with van der Waals surface area (Å²) in [6.45, 7) is 0. The number of hydrogen-bond acceptors (Lipinski definition) is 2. The summed E-state index contributed by atoms with van der Waals surface area (Å²) in [4.78, 5) is 3.87. The van der Waals surface area contributed by atoms with Crippen LogP contribution in [0.25, 0.3) is 0 Å². The number of nitriles is 1. The molecule has 4 heteroatoms. The fraction of sp³-hybridized carbons (Fsp3) is 0. The summed E-state index contributed by atoms with van der Waals surface area (Å²) in [7, 11) is 0.